The number of amides is 1. The highest BCUT2D eigenvalue weighted by Crippen LogP contribution is 2.35. The van der Waals surface area contributed by atoms with E-state index in [1.807, 2.05) is 0 Å². The van der Waals surface area contributed by atoms with Crippen molar-refractivity contribution in [3.8, 4) is 0 Å². The molecule has 26 heavy (non-hydrogen) atoms. The fourth-order valence-corrected chi connectivity index (χ4v) is 5.87. The summed E-state index contributed by atoms with van der Waals surface area (Å²) in [6.07, 6.45) is 5.19. The molecule has 0 aromatic carbocycles. The molecule has 0 unspecified atom stereocenters. The van der Waals surface area contributed by atoms with Gasteiger partial charge in [0, 0.05) is 25.6 Å². The molecule has 1 amide bonds. The number of aromatic nitrogens is 2. The third kappa shape index (κ3) is 3.30. The van der Waals surface area contributed by atoms with E-state index >= 15 is 0 Å². The van der Waals surface area contributed by atoms with Gasteiger partial charge in [-0.1, -0.05) is 11.8 Å². The Morgan fingerprint density at radius 3 is 2.96 bits per heavy atom. The zero-order valence-electron chi connectivity index (χ0n) is 15.1. The fraction of sp³-hybridized carbons (Fsp3) is 0.611. The van der Waals surface area contributed by atoms with Crippen LogP contribution < -0.4 is 5.56 Å². The minimum absolute atomic E-state index is 0.0155. The number of thiophene rings is 1. The van der Waals surface area contributed by atoms with Gasteiger partial charge >= 0.3 is 0 Å². The van der Waals surface area contributed by atoms with Crippen LogP contribution in [-0.2, 0) is 28.9 Å². The van der Waals surface area contributed by atoms with E-state index in [0.29, 0.717) is 11.7 Å². The molecule has 2 aromatic heterocycles. The van der Waals surface area contributed by atoms with Gasteiger partial charge in [-0.25, -0.2) is 4.98 Å². The van der Waals surface area contributed by atoms with E-state index in [9.17, 15) is 9.59 Å². The number of aryl methyl sites for hydroxylation is 2. The van der Waals surface area contributed by atoms with Crippen LogP contribution in [0.15, 0.2) is 9.95 Å². The number of hydrogen-bond acceptors (Lipinski definition) is 6. The zero-order valence-corrected chi connectivity index (χ0v) is 16.8. The molecule has 2 aliphatic rings. The number of thioether (sulfide) groups is 1. The minimum atomic E-state index is 0.0155. The quantitative estimate of drug-likeness (QED) is 0.576. The van der Waals surface area contributed by atoms with Crippen LogP contribution in [0.3, 0.4) is 0 Å². The van der Waals surface area contributed by atoms with Crippen molar-refractivity contribution in [1.82, 2.24) is 14.5 Å². The van der Waals surface area contributed by atoms with Gasteiger partial charge in [-0.15, -0.1) is 11.3 Å². The van der Waals surface area contributed by atoms with Crippen molar-refractivity contribution in [1.29, 1.82) is 0 Å². The lowest BCUT2D eigenvalue weighted by Gasteiger charge is -2.16. The van der Waals surface area contributed by atoms with Gasteiger partial charge in [0.2, 0.25) is 5.91 Å². The van der Waals surface area contributed by atoms with Crippen molar-refractivity contribution in [3.05, 3.63) is 20.8 Å². The van der Waals surface area contributed by atoms with Crippen LogP contribution in [0.25, 0.3) is 10.2 Å². The van der Waals surface area contributed by atoms with Gasteiger partial charge in [0.1, 0.15) is 4.83 Å². The van der Waals surface area contributed by atoms with Crippen LogP contribution in [0, 0.1) is 0 Å². The number of rotatable bonds is 5. The van der Waals surface area contributed by atoms with Gasteiger partial charge < -0.3 is 9.64 Å². The van der Waals surface area contributed by atoms with Gasteiger partial charge in [-0.3, -0.25) is 14.2 Å². The van der Waals surface area contributed by atoms with Crippen LogP contribution in [0.5, 0.6) is 0 Å². The van der Waals surface area contributed by atoms with Gasteiger partial charge in [0.25, 0.3) is 5.56 Å². The average Bonchev–Trinajstić information content (AvgIpc) is 3.32. The van der Waals surface area contributed by atoms with E-state index in [2.05, 4.69) is 0 Å². The molecule has 1 aliphatic heterocycles. The highest BCUT2D eigenvalue weighted by molar-refractivity contribution is 7.99. The molecule has 1 fully saturated rings. The van der Waals surface area contributed by atoms with Gasteiger partial charge in [0.15, 0.2) is 5.16 Å². The fourth-order valence-electron chi connectivity index (χ4n) is 3.58. The maximum atomic E-state index is 13.3. The lowest BCUT2D eigenvalue weighted by molar-refractivity contribution is -0.125. The van der Waals surface area contributed by atoms with Crippen molar-refractivity contribution in [2.24, 2.45) is 0 Å². The Balaban J connectivity index is 1.74. The van der Waals surface area contributed by atoms with Crippen LogP contribution in [0.1, 0.15) is 29.7 Å². The third-order valence-electron chi connectivity index (χ3n) is 5.02. The Morgan fingerprint density at radius 1 is 1.38 bits per heavy atom. The first-order valence-corrected chi connectivity index (χ1v) is 10.8. The topological polar surface area (TPSA) is 64.4 Å². The molecule has 0 spiro atoms. The molecule has 3 heterocycles. The van der Waals surface area contributed by atoms with Gasteiger partial charge in [-0.2, -0.15) is 0 Å². The van der Waals surface area contributed by atoms with Crippen LogP contribution >= 0.6 is 23.1 Å². The molecule has 6 nitrogen and oxygen atoms in total. The SMILES string of the molecule is CN(C)C(=O)CSc1nc2sc3c(c2c(=O)n1C[C@@H]1CCCO1)CCC3. The van der Waals surface area contributed by atoms with Crippen molar-refractivity contribution in [2.45, 2.75) is 49.9 Å². The number of nitrogens with zero attached hydrogens (tertiary/aromatic N) is 3. The Kier molecular flexibility index (Phi) is 5.07. The summed E-state index contributed by atoms with van der Waals surface area (Å²) in [5.74, 6) is 0.295. The summed E-state index contributed by atoms with van der Waals surface area (Å²) < 4.78 is 7.49. The third-order valence-corrected chi connectivity index (χ3v) is 7.17. The summed E-state index contributed by atoms with van der Waals surface area (Å²) >= 11 is 2.99. The van der Waals surface area contributed by atoms with E-state index in [1.165, 1.54) is 22.2 Å². The van der Waals surface area contributed by atoms with E-state index in [0.717, 1.165) is 48.9 Å². The Morgan fingerprint density at radius 2 is 2.23 bits per heavy atom. The molecule has 0 bridgehead atoms. The summed E-state index contributed by atoms with van der Waals surface area (Å²) in [6.45, 7) is 1.27. The molecular formula is C18H23N3O3S2. The van der Waals surface area contributed by atoms with Crippen molar-refractivity contribution in [2.75, 3.05) is 26.5 Å². The van der Waals surface area contributed by atoms with Gasteiger partial charge in [-0.05, 0) is 37.7 Å². The second kappa shape index (κ2) is 7.32. The monoisotopic (exact) mass is 393 g/mol. The predicted octanol–water partition coefficient (Wildman–Crippen LogP) is 2.31. The van der Waals surface area contributed by atoms with E-state index in [4.69, 9.17) is 9.72 Å². The standard InChI is InChI=1S/C18H23N3O3S2/c1-20(2)14(22)10-25-18-19-16-15(12-6-3-7-13(12)26-16)17(23)21(18)9-11-5-4-8-24-11/h11H,3-10H2,1-2H3/t11-/m0/s1. The molecule has 1 aliphatic carbocycles. The summed E-state index contributed by atoms with van der Waals surface area (Å²) in [6, 6.07) is 0. The first kappa shape index (κ1) is 18.0. The normalized spacial score (nSPS) is 19.2. The molecule has 0 saturated carbocycles. The first-order valence-electron chi connectivity index (χ1n) is 9.04. The Hall–Kier alpha value is -1.38. The molecule has 1 saturated heterocycles. The van der Waals surface area contributed by atoms with Crippen molar-refractivity contribution >= 4 is 39.2 Å². The maximum absolute atomic E-state index is 13.3. The number of fused-ring (bicyclic) bond motifs is 3. The number of ether oxygens (including phenoxy) is 1. The van der Waals surface area contributed by atoms with Crippen LogP contribution in [-0.4, -0.2) is 52.9 Å². The summed E-state index contributed by atoms with van der Waals surface area (Å²) in [5, 5.41) is 1.43. The number of carbonyl (C=O) groups excluding carboxylic acids is 1. The molecule has 0 N–H and O–H groups in total. The van der Waals surface area contributed by atoms with Crippen LogP contribution in [0.4, 0.5) is 0 Å². The molecule has 2 aromatic rings. The van der Waals surface area contributed by atoms with Crippen LogP contribution in [0.2, 0.25) is 0 Å². The zero-order chi connectivity index (χ0) is 18.3. The molecule has 8 heteroatoms. The number of carbonyl (C=O) groups is 1. The Bertz CT molecular complexity index is 897. The molecule has 0 radical (unpaired) electrons. The second-order valence-electron chi connectivity index (χ2n) is 7.06. The minimum Gasteiger partial charge on any atom is -0.376 e. The largest absolute Gasteiger partial charge is 0.376 e. The summed E-state index contributed by atoms with van der Waals surface area (Å²) in [5.41, 5.74) is 1.23. The summed E-state index contributed by atoms with van der Waals surface area (Å²) in [7, 11) is 3.48. The molecule has 1 atom stereocenters. The van der Waals surface area contributed by atoms with E-state index in [1.54, 1.807) is 34.9 Å². The average molecular weight is 394 g/mol. The van der Waals surface area contributed by atoms with E-state index < -0.39 is 0 Å². The van der Waals surface area contributed by atoms with Gasteiger partial charge in [0.05, 0.1) is 23.8 Å². The molecular weight excluding hydrogens is 370 g/mol. The number of hydrogen-bond donors (Lipinski definition) is 0. The highest BCUT2D eigenvalue weighted by Gasteiger charge is 2.25. The second-order valence-corrected chi connectivity index (χ2v) is 9.09. The molecule has 140 valence electrons. The smallest absolute Gasteiger partial charge is 0.263 e. The Labute approximate surface area is 160 Å². The van der Waals surface area contributed by atoms with E-state index in [-0.39, 0.29) is 23.3 Å². The lowest BCUT2D eigenvalue weighted by atomic mass is 10.2. The predicted molar refractivity (Wildman–Crippen MR) is 104 cm³/mol. The maximum Gasteiger partial charge on any atom is 0.263 e. The van der Waals surface area contributed by atoms with Crippen molar-refractivity contribution in [3.63, 3.8) is 0 Å². The lowest BCUT2D eigenvalue weighted by Crippen LogP contribution is -2.29. The molecule has 4 rings (SSSR count). The van der Waals surface area contributed by atoms with Crippen molar-refractivity contribution < 1.29 is 9.53 Å². The summed E-state index contributed by atoms with van der Waals surface area (Å²) in [4.78, 5) is 33.8. The highest BCUT2D eigenvalue weighted by atomic mass is 32.2. The first-order chi connectivity index (χ1) is 12.5.